The number of ether oxygens (including phenoxy) is 3. The van der Waals surface area contributed by atoms with Gasteiger partial charge in [0.05, 0.1) is 25.4 Å². The number of esters is 1. The fraction of sp³-hybridized carbons (Fsp3) is 0.263. The molecule has 2 aromatic carbocycles. The molecule has 1 aliphatic heterocycles. The van der Waals surface area contributed by atoms with E-state index in [9.17, 15) is 9.59 Å². The molecule has 0 atom stereocenters. The minimum absolute atomic E-state index is 0.106. The molecule has 5 nitrogen and oxygen atoms in total. The van der Waals surface area contributed by atoms with Crippen LogP contribution in [0.4, 0.5) is 0 Å². The van der Waals surface area contributed by atoms with Crippen molar-refractivity contribution in [2.45, 2.75) is 13.2 Å². The topological polar surface area (TPSA) is 61.8 Å². The Hall–Kier alpha value is -2.50. The Morgan fingerprint density at radius 3 is 1.96 bits per heavy atom. The average Bonchev–Trinajstić information content (AvgIpc) is 3.16. The first-order chi connectivity index (χ1) is 11.7. The van der Waals surface area contributed by atoms with Crippen LogP contribution in [0.25, 0.3) is 0 Å². The molecule has 0 radical (unpaired) electrons. The summed E-state index contributed by atoms with van der Waals surface area (Å²) in [4.78, 5) is 24.1. The Bertz CT molecular complexity index is 712. The van der Waals surface area contributed by atoms with Gasteiger partial charge in [-0.15, -0.1) is 0 Å². The summed E-state index contributed by atoms with van der Waals surface area (Å²) in [6, 6.07) is 13.6. The van der Waals surface area contributed by atoms with Gasteiger partial charge in [-0.25, -0.2) is 4.79 Å². The molecule has 0 N–H and O–H groups in total. The first-order valence-corrected chi connectivity index (χ1v) is 7.84. The van der Waals surface area contributed by atoms with Gasteiger partial charge in [-0.2, -0.15) is 0 Å². The minimum Gasteiger partial charge on any atom is -0.462 e. The van der Waals surface area contributed by atoms with Gasteiger partial charge in [0, 0.05) is 16.7 Å². The second-order valence-corrected chi connectivity index (χ2v) is 5.32. The van der Waals surface area contributed by atoms with Crippen LogP contribution in [0.2, 0.25) is 0 Å². The SMILES string of the molecule is CCOC(=O)c1ccc(C(=O)c2ccc(C3OCCO3)cc2)cc1. The highest BCUT2D eigenvalue weighted by molar-refractivity contribution is 6.09. The molecular weight excluding hydrogens is 308 g/mol. The van der Waals surface area contributed by atoms with Gasteiger partial charge >= 0.3 is 5.97 Å². The zero-order chi connectivity index (χ0) is 16.9. The Morgan fingerprint density at radius 1 is 0.917 bits per heavy atom. The van der Waals surface area contributed by atoms with E-state index in [1.54, 1.807) is 43.3 Å². The van der Waals surface area contributed by atoms with Gasteiger partial charge in [-0.1, -0.05) is 36.4 Å². The minimum atomic E-state index is -0.391. The van der Waals surface area contributed by atoms with Gasteiger partial charge in [-0.3, -0.25) is 4.79 Å². The summed E-state index contributed by atoms with van der Waals surface area (Å²) in [7, 11) is 0. The van der Waals surface area contributed by atoms with Crippen molar-refractivity contribution in [2.24, 2.45) is 0 Å². The zero-order valence-corrected chi connectivity index (χ0v) is 13.4. The third-order valence-corrected chi connectivity index (χ3v) is 3.73. The monoisotopic (exact) mass is 326 g/mol. The van der Waals surface area contributed by atoms with Crippen LogP contribution in [-0.4, -0.2) is 31.6 Å². The van der Waals surface area contributed by atoms with Crippen LogP contribution in [0.5, 0.6) is 0 Å². The smallest absolute Gasteiger partial charge is 0.338 e. The van der Waals surface area contributed by atoms with E-state index in [-0.39, 0.29) is 12.1 Å². The summed E-state index contributed by atoms with van der Waals surface area (Å²) in [5.41, 5.74) is 2.41. The van der Waals surface area contributed by atoms with Crippen molar-refractivity contribution in [3.8, 4) is 0 Å². The molecule has 0 spiro atoms. The molecule has 5 heteroatoms. The average molecular weight is 326 g/mol. The lowest BCUT2D eigenvalue weighted by Gasteiger charge is -2.10. The van der Waals surface area contributed by atoms with E-state index in [1.165, 1.54) is 0 Å². The molecule has 0 saturated carbocycles. The van der Waals surface area contributed by atoms with Crippen molar-refractivity contribution in [2.75, 3.05) is 19.8 Å². The van der Waals surface area contributed by atoms with Gasteiger partial charge in [0.1, 0.15) is 0 Å². The molecule has 24 heavy (non-hydrogen) atoms. The number of hydrogen-bond acceptors (Lipinski definition) is 5. The normalized spacial score (nSPS) is 14.5. The number of benzene rings is 2. The van der Waals surface area contributed by atoms with E-state index in [4.69, 9.17) is 14.2 Å². The summed E-state index contributed by atoms with van der Waals surface area (Å²) in [6.07, 6.45) is -0.349. The highest BCUT2D eigenvalue weighted by Crippen LogP contribution is 2.24. The number of carbonyl (C=O) groups excluding carboxylic acids is 2. The fourth-order valence-electron chi connectivity index (χ4n) is 2.48. The Balaban J connectivity index is 1.72. The highest BCUT2D eigenvalue weighted by Gasteiger charge is 2.18. The maximum atomic E-state index is 12.5. The van der Waals surface area contributed by atoms with E-state index in [1.807, 2.05) is 12.1 Å². The number of carbonyl (C=O) groups is 2. The van der Waals surface area contributed by atoms with Gasteiger partial charge in [0.2, 0.25) is 0 Å². The van der Waals surface area contributed by atoms with Gasteiger partial charge in [0.25, 0.3) is 0 Å². The molecule has 1 aliphatic rings. The van der Waals surface area contributed by atoms with E-state index in [2.05, 4.69) is 0 Å². The van der Waals surface area contributed by atoms with Crippen LogP contribution in [0.15, 0.2) is 48.5 Å². The summed E-state index contributed by atoms with van der Waals surface area (Å²) in [6.45, 7) is 3.23. The number of rotatable bonds is 5. The summed E-state index contributed by atoms with van der Waals surface area (Å²) in [5.74, 6) is -0.498. The molecular formula is C19H18O5. The van der Waals surface area contributed by atoms with Crippen molar-refractivity contribution in [1.82, 2.24) is 0 Å². The van der Waals surface area contributed by atoms with E-state index >= 15 is 0 Å². The second-order valence-electron chi connectivity index (χ2n) is 5.32. The van der Waals surface area contributed by atoms with Crippen LogP contribution in [-0.2, 0) is 14.2 Å². The molecule has 0 amide bonds. The van der Waals surface area contributed by atoms with Crippen LogP contribution in [0.1, 0.15) is 45.1 Å². The Kier molecular flexibility index (Phi) is 5.03. The van der Waals surface area contributed by atoms with Crippen LogP contribution >= 0.6 is 0 Å². The zero-order valence-electron chi connectivity index (χ0n) is 13.4. The van der Waals surface area contributed by atoms with Crippen molar-refractivity contribution in [1.29, 1.82) is 0 Å². The molecule has 0 aliphatic carbocycles. The van der Waals surface area contributed by atoms with Crippen LogP contribution < -0.4 is 0 Å². The Labute approximate surface area is 140 Å². The number of hydrogen-bond donors (Lipinski definition) is 0. The number of ketones is 1. The maximum Gasteiger partial charge on any atom is 0.338 e. The molecule has 1 heterocycles. The second kappa shape index (κ2) is 7.38. The van der Waals surface area contributed by atoms with Crippen molar-refractivity contribution < 1.29 is 23.8 Å². The highest BCUT2D eigenvalue weighted by atomic mass is 16.7. The molecule has 0 unspecified atom stereocenters. The van der Waals surface area contributed by atoms with Crippen molar-refractivity contribution >= 4 is 11.8 Å². The molecule has 0 aromatic heterocycles. The van der Waals surface area contributed by atoms with E-state index in [0.29, 0.717) is 36.5 Å². The summed E-state index contributed by atoms with van der Waals surface area (Å²) in [5, 5.41) is 0. The standard InChI is InChI=1S/C19H18O5/c1-2-22-18(21)15-7-3-13(4-8-15)17(20)14-5-9-16(10-6-14)19-23-11-12-24-19/h3-10,19H,2,11-12H2,1H3. The third-order valence-electron chi connectivity index (χ3n) is 3.73. The lowest BCUT2D eigenvalue weighted by atomic mass is 10.0. The first-order valence-electron chi connectivity index (χ1n) is 7.84. The van der Waals surface area contributed by atoms with Crippen LogP contribution in [0.3, 0.4) is 0 Å². The molecule has 124 valence electrons. The lowest BCUT2D eigenvalue weighted by molar-refractivity contribution is -0.0441. The lowest BCUT2D eigenvalue weighted by Crippen LogP contribution is -2.06. The fourth-order valence-corrected chi connectivity index (χ4v) is 2.48. The van der Waals surface area contributed by atoms with E-state index in [0.717, 1.165) is 5.56 Å². The van der Waals surface area contributed by atoms with Gasteiger partial charge in [-0.05, 0) is 19.1 Å². The summed E-state index contributed by atoms with van der Waals surface area (Å²) < 4.78 is 15.8. The van der Waals surface area contributed by atoms with Crippen LogP contribution in [0, 0.1) is 0 Å². The largest absolute Gasteiger partial charge is 0.462 e. The van der Waals surface area contributed by atoms with Gasteiger partial charge in [0.15, 0.2) is 12.1 Å². The third kappa shape index (κ3) is 3.53. The molecule has 1 fully saturated rings. The molecule has 2 aromatic rings. The molecule has 1 saturated heterocycles. The van der Waals surface area contributed by atoms with Crippen molar-refractivity contribution in [3.63, 3.8) is 0 Å². The Morgan fingerprint density at radius 2 is 1.42 bits per heavy atom. The molecule has 3 rings (SSSR count). The predicted octanol–water partition coefficient (Wildman–Crippen LogP) is 3.14. The molecule has 0 bridgehead atoms. The predicted molar refractivity (Wildman–Crippen MR) is 86.9 cm³/mol. The van der Waals surface area contributed by atoms with Gasteiger partial charge < -0.3 is 14.2 Å². The van der Waals surface area contributed by atoms with Crippen molar-refractivity contribution in [3.05, 3.63) is 70.8 Å². The van der Waals surface area contributed by atoms with E-state index < -0.39 is 5.97 Å². The summed E-state index contributed by atoms with van der Waals surface area (Å²) >= 11 is 0. The first kappa shape index (κ1) is 16.4. The maximum absolute atomic E-state index is 12.5. The quantitative estimate of drug-likeness (QED) is 0.624.